The van der Waals surface area contributed by atoms with E-state index in [9.17, 15) is 4.79 Å². The maximum atomic E-state index is 10.3. The SMILES string of the molecule is CCCCCCCCCCCCCCCCCC(=O)O.O=P(O)(O)O.[NaH].[NaH].[NaH]. The molecule has 28 heavy (non-hydrogen) atoms. The molecule has 0 aliphatic heterocycles. The second-order valence-corrected chi connectivity index (χ2v) is 7.63. The Labute approximate surface area is 238 Å². The summed E-state index contributed by atoms with van der Waals surface area (Å²) >= 11 is 0. The van der Waals surface area contributed by atoms with Crippen LogP contribution < -0.4 is 0 Å². The zero-order valence-corrected chi connectivity index (χ0v) is 16.8. The molecule has 4 N–H and O–H groups in total. The van der Waals surface area contributed by atoms with E-state index in [0.717, 1.165) is 12.8 Å². The predicted molar refractivity (Wildman–Crippen MR) is 123 cm³/mol. The first kappa shape index (κ1) is 40.9. The molecule has 10 heteroatoms. The van der Waals surface area contributed by atoms with E-state index in [0.29, 0.717) is 6.42 Å². The molecule has 0 aliphatic rings. The van der Waals surface area contributed by atoms with Gasteiger partial charge < -0.3 is 19.8 Å². The van der Waals surface area contributed by atoms with E-state index in [1.807, 2.05) is 0 Å². The molecule has 0 heterocycles. The maximum absolute atomic E-state index is 10.3. The molecule has 0 aliphatic carbocycles. The number of phosphoric acid groups is 1. The Hall–Kier alpha value is 2.58. The summed E-state index contributed by atoms with van der Waals surface area (Å²) in [6.45, 7) is 2.27. The number of carboxylic acid groups (broad SMARTS) is 1. The number of hydrogen-bond acceptors (Lipinski definition) is 2. The summed E-state index contributed by atoms with van der Waals surface area (Å²) < 4.78 is 8.88. The normalized spacial score (nSPS) is 9.86. The molecular formula is C18H42Na3O6P. The monoisotopic (exact) mass is 454 g/mol. The van der Waals surface area contributed by atoms with Crippen molar-refractivity contribution in [2.45, 2.75) is 110 Å². The van der Waals surface area contributed by atoms with Crippen LogP contribution in [0, 0.1) is 0 Å². The van der Waals surface area contributed by atoms with E-state index in [1.54, 1.807) is 0 Å². The van der Waals surface area contributed by atoms with Crippen molar-refractivity contribution in [1.29, 1.82) is 0 Å². The number of carboxylic acids is 1. The van der Waals surface area contributed by atoms with Gasteiger partial charge in [0.25, 0.3) is 0 Å². The van der Waals surface area contributed by atoms with E-state index in [1.165, 1.54) is 83.5 Å². The van der Waals surface area contributed by atoms with Crippen LogP contribution >= 0.6 is 7.82 Å². The fraction of sp³-hybridized carbons (Fsp3) is 0.944. The van der Waals surface area contributed by atoms with Crippen molar-refractivity contribution in [1.82, 2.24) is 0 Å². The van der Waals surface area contributed by atoms with Gasteiger partial charge in [-0.3, -0.25) is 4.79 Å². The standard InChI is InChI=1S/C18H36O2.3Na.H3O4P.3H/c1-2-3-4-5-6-7-8-9-10-11-12-13-14-15-16-17-18(19)20;;;;1-5(2,3)4;;;/h2-17H2,1H3,(H,19,20);;;;(H3,1,2,3,4);;;. The molecule has 0 spiro atoms. The number of aliphatic carboxylic acids is 1. The first-order valence-electron chi connectivity index (χ1n) is 9.77. The molecule has 0 rings (SSSR count). The van der Waals surface area contributed by atoms with Gasteiger partial charge in [-0.2, -0.15) is 0 Å². The van der Waals surface area contributed by atoms with Crippen molar-refractivity contribution in [3.63, 3.8) is 0 Å². The molecule has 0 aromatic rings. The van der Waals surface area contributed by atoms with E-state index in [-0.39, 0.29) is 88.7 Å². The molecule has 0 saturated heterocycles. The predicted octanol–water partition coefficient (Wildman–Crippen LogP) is 3.46. The van der Waals surface area contributed by atoms with Gasteiger partial charge >= 0.3 is 102 Å². The first-order valence-corrected chi connectivity index (χ1v) is 11.3. The average Bonchev–Trinajstić information content (AvgIpc) is 2.49. The van der Waals surface area contributed by atoms with E-state index >= 15 is 0 Å². The van der Waals surface area contributed by atoms with Gasteiger partial charge in [0.1, 0.15) is 0 Å². The van der Waals surface area contributed by atoms with Crippen LogP contribution in [0.1, 0.15) is 110 Å². The van der Waals surface area contributed by atoms with Gasteiger partial charge in [-0.05, 0) is 6.42 Å². The third-order valence-corrected chi connectivity index (χ3v) is 3.99. The Balaban J connectivity index is -0.000000195. The van der Waals surface area contributed by atoms with Crippen LogP contribution in [0.3, 0.4) is 0 Å². The van der Waals surface area contributed by atoms with Gasteiger partial charge in [0.2, 0.25) is 0 Å². The van der Waals surface area contributed by atoms with Crippen molar-refractivity contribution < 1.29 is 29.1 Å². The van der Waals surface area contributed by atoms with Crippen LogP contribution in [0.5, 0.6) is 0 Å². The molecule has 0 aromatic carbocycles. The zero-order valence-electron chi connectivity index (χ0n) is 15.9. The summed E-state index contributed by atoms with van der Waals surface area (Å²) in [6.07, 6.45) is 20.2. The van der Waals surface area contributed by atoms with Crippen LogP contribution in [-0.4, -0.2) is 114 Å². The minimum atomic E-state index is -4.64. The fourth-order valence-corrected chi connectivity index (χ4v) is 2.65. The van der Waals surface area contributed by atoms with E-state index in [4.69, 9.17) is 24.4 Å². The summed E-state index contributed by atoms with van der Waals surface area (Å²) in [5.41, 5.74) is 0. The van der Waals surface area contributed by atoms with Gasteiger partial charge in [-0.1, -0.05) is 96.8 Å². The Morgan fingerprint density at radius 2 is 0.821 bits per heavy atom. The molecule has 0 fully saturated rings. The van der Waals surface area contributed by atoms with Gasteiger partial charge in [-0.25, -0.2) is 4.57 Å². The third kappa shape index (κ3) is 56.7. The quantitative estimate of drug-likeness (QED) is 0.161. The van der Waals surface area contributed by atoms with Gasteiger partial charge in [0.15, 0.2) is 0 Å². The zero-order chi connectivity index (χ0) is 19.4. The molecule has 0 bridgehead atoms. The molecule has 6 nitrogen and oxygen atoms in total. The second-order valence-electron chi connectivity index (χ2n) is 6.61. The van der Waals surface area contributed by atoms with Crippen molar-refractivity contribution >= 4 is 102 Å². The molecule has 0 unspecified atom stereocenters. The van der Waals surface area contributed by atoms with Gasteiger partial charge in [0, 0.05) is 6.42 Å². The Kier molecular flexibility index (Phi) is 46.4. The number of carbonyl (C=O) groups is 1. The van der Waals surface area contributed by atoms with Crippen molar-refractivity contribution in [3.8, 4) is 0 Å². The summed E-state index contributed by atoms with van der Waals surface area (Å²) in [7, 11) is -4.64. The number of rotatable bonds is 16. The van der Waals surface area contributed by atoms with Crippen LogP contribution in [0.15, 0.2) is 0 Å². The van der Waals surface area contributed by atoms with Crippen molar-refractivity contribution in [3.05, 3.63) is 0 Å². The minimum absolute atomic E-state index is 0. The second kappa shape index (κ2) is 31.8. The van der Waals surface area contributed by atoms with Crippen molar-refractivity contribution in [2.24, 2.45) is 0 Å². The number of unbranched alkanes of at least 4 members (excludes halogenated alkanes) is 14. The van der Waals surface area contributed by atoms with Crippen LogP contribution in [-0.2, 0) is 9.36 Å². The van der Waals surface area contributed by atoms with E-state index < -0.39 is 13.8 Å². The Morgan fingerprint density at radius 1 is 0.607 bits per heavy atom. The van der Waals surface area contributed by atoms with Crippen LogP contribution in [0.4, 0.5) is 0 Å². The Bertz CT molecular complexity index is 335. The first-order chi connectivity index (χ1) is 11.8. The Morgan fingerprint density at radius 3 is 1.04 bits per heavy atom. The summed E-state index contributed by atoms with van der Waals surface area (Å²) in [6, 6.07) is 0. The van der Waals surface area contributed by atoms with Crippen molar-refractivity contribution in [2.75, 3.05) is 0 Å². The van der Waals surface area contributed by atoms with Crippen LogP contribution in [0.2, 0.25) is 0 Å². The molecule has 0 radical (unpaired) electrons. The molecule has 158 valence electrons. The molecule has 0 amide bonds. The summed E-state index contributed by atoms with van der Waals surface area (Å²) in [4.78, 5) is 31.9. The molecule has 0 aromatic heterocycles. The molecule has 0 saturated carbocycles. The van der Waals surface area contributed by atoms with Crippen LogP contribution in [0.25, 0.3) is 0 Å². The summed E-state index contributed by atoms with van der Waals surface area (Å²) in [5.74, 6) is -0.653. The van der Waals surface area contributed by atoms with Gasteiger partial charge in [0.05, 0.1) is 0 Å². The topological polar surface area (TPSA) is 115 Å². The summed E-state index contributed by atoms with van der Waals surface area (Å²) in [5, 5.41) is 8.52. The van der Waals surface area contributed by atoms with E-state index in [2.05, 4.69) is 6.92 Å². The average molecular weight is 454 g/mol. The molecular weight excluding hydrogens is 412 g/mol. The third-order valence-electron chi connectivity index (χ3n) is 3.99. The fourth-order valence-electron chi connectivity index (χ4n) is 2.65. The molecule has 0 atom stereocenters. The number of hydrogen-bond donors (Lipinski definition) is 4. The van der Waals surface area contributed by atoms with Gasteiger partial charge in [-0.15, -0.1) is 0 Å².